The Kier molecular flexibility index (Phi) is 2.98. The van der Waals surface area contributed by atoms with E-state index in [0.29, 0.717) is 17.2 Å². The molecule has 0 unspecified atom stereocenters. The molecule has 2 heterocycles. The number of aryl methyl sites for hydroxylation is 1. The number of hydrogen-bond acceptors (Lipinski definition) is 6. The van der Waals surface area contributed by atoms with Gasteiger partial charge in [0.25, 0.3) is 0 Å². The molecule has 3 aromatic rings. The third-order valence-electron chi connectivity index (χ3n) is 2.78. The lowest BCUT2D eigenvalue weighted by atomic mass is 10.3. The fourth-order valence-electron chi connectivity index (χ4n) is 1.80. The molecular weight excluding hydrogens is 260 g/mol. The molecule has 6 heteroatoms. The molecular formula is C14H12N2O4. The maximum atomic E-state index is 11.8. The second-order valence-electron chi connectivity index (χ2n) is 4.39. The number of rotatable bonds is 3. The van der Waals surface area contributed by atoms with Crippen LogP contribution in [0.2, 0.25) is 0 Å². The topological polar surface area (TPSA) is 78.4 Å². The van der Waals surface area contributed by atoms with E-state index in [1.54, 1.807) is 19.9 Å². The minimum absolute atomic E-state index is 0.130. The highest BCUT2D eigenvalue weighted by molar-refractivity contribution is 5.87. The number of aromatic nitrogens is 2. The Hall–Kier alpha value is -2.63. The fraction of sp³-hybridized carbons (Fsp3) is 0.214. The van der Waals surface area contributed by atoms with Crippen LogP contribution in [0, 0.1) is 6.92 Å². The molecule has 0 radical (unpaired) electrons. The van der Waals surface area contributed by atoms with Crippen molar-refractivity contribution in [3.63, 3.8) is 0 Å². The summed E-state index contributed by atoms with van der Waals surface area (Å²) >= 11 is 0. The second-order valence-corrected chi connectivity index (χ2v) is 4.39. The number of hydrogen-bond donors (Lipinski definition) is 0. The Morgan fingerprint density at radius 2 is 2.15 bits per heavy atom. The number of carbonyl (C=O) groups is 1. The van der Waals surface area contributed by atoms with Crippen molar-refractivity contribution in [2.45, 2.75) is 20.0 Å². The highest BCUT2D eigenvalue weighted by atomic mass is 16.6. The largest absolute Gasteiger partial charge is 0.448 e. The van der Waals surface area contributed by atoms with E-state index in [-0.39, 0.29) is 5.69 Å². The molecule has 0 amide bonds. The summed E-state index contributed by atoms with van der Waals surface area (Å²) in [4.78, 5) is 16.1. The minimum Gasteiger partial charge on any atom is -0.448 e. The van der Waals surface area contributed by atoms with E-state index in [9.17, 15) is 4.79 Å². The zero-order valence-electron chi connectivity index (χ0n) is 11.0. The lowest BCUT2D eigenvalue weighted by molar-refractivity contribution is 0.0271. The summed E-state index contributed by atoms with van der Waals surface area (Å²) in [5.74, 6) is 0.322. The lowest BCUT2D eigenvalue weighted by Crippen LogP contribution is -2.09. The Labute approximate surface area is 114 Å². The van der Waals surface area contributed by atoms with Gasteiger partial charge in [0.15, 0.2) is 17.4 Å². The number of ether oxygens (including phenoxy) is 1. The molecule has 0 bridgehead atoms. The van der Waals surface area contributed by atoms with Gasteiger partial charge >= 0.3 is 5.97 Å². The normalized spacial score (nSPS) is 12.5. The molecule has 0 aliphatic rings. The van der Waals surface area contributed by atoms with Crippen LogP contribution in [0.3, 0.4) is 0 Å². The quantitative estimate of drug-likeness (QED) is 0.682. The van der Waals surface area contributed by atoms with Crippen molar-refractivity contribution in [2.24, 2.45) is 0 Å². The molecule has 0 aliphatic heterocycles. The van der Waals surface area contributed by atoms with Gasteiger partial charge in [0.2, 0.25) is 5.89 Å². The molecule has 6 nitrogen and oxygen atoms in total. The smallest absolute Gasteiger partial charge is 0.361 e. The van der Waals surface area contributed by atoms with Crippen LogP contribution in [-0.2, 0) is 4.74 Å². The summed E-state index contributed by atoms with van der Waals surface area (Å²) in [7, 11) is 0. The standard InChI is InChI=1S/C14H12N2O4/c1-8-7-11(16-20-8)14(17)18-9(2)13-15-10-5-3-4-6-12(10)19-13/h3-7,9H,1-2H3/t9-/m1/s1. The molecule has 0 fully saturated rings. The number of oxazole rings is 1. The molecule has 20 heavy (non-hydrogen) atoms. The van der Waals surface area contributed by atoms with E-state index in [2.05, 4.69) is 10.1 Å². The van der Waals surface area contributed by atoms with Crippen molar-refractivity contribution < 1.29 is 18.5 Å². The van der Waals surface area contributed by atoms with E-state index < -0.39 is 12.1 Å². The predicted octanol–water partition coefficient (Wildman–Crippen LogP) is 3.04. The molecule has 102 valence electrons. The maximum absolute atomic E-state index is 11.8. The maximum Gasteiger partial charge on any atom is 0.361 e. The van der Waals surface area contributed by atoms with Crippen LogP contribution in [0.1, 0.15) is 35.2 Å². The summed E-state index contributed by atoms with van der Waals surface area (Å²) in [6, 6.07) is 8.87. The summed E-state index contributed by atoms with van der Waals surface area (Å²) in [5, 5.41) is 3.60. The summed E-state index contributed by atoms with van der Waals surface area (Å²) in [5.41, 5.74) is 1.51. The summed E-state index contributed by atoms with van der Waals surface area (Å²) in [6.07, 6.45) is -0.605. The zero-order chi connectivity index (χ0) is 14.1. The average Bonchev–Trinajstić information content (AvgIpc) is 3.04. The molecule has 0 N–H and O–H groups in total. The van der Waals surface area contributed by atoms with Gasteiger partial charge in [-0.25, -0.2) is 9.78 Å². The number of benzene rings is 1. The highest BCUT2D eigenvalue weighted by Gasteiger charge is 2.20. The van der Waals surface area contributed by atoms with E-state index in [0.717, 1.165) is 5.52 Å². The first-order chi connectivity index (χ1) is 9.63. The van der Waals surface area contributed by atoms with E-state index in [4.69, 9.17) is 13.7 Å². The molecule has 0 spiro atoms. The van der Waals surface area contributed by atoms with Crippen molar-refractivity contribution >= 4 is 17.1 Å². The third-order valence-corrected chi connectivity index (χ3v) is 2.78. The van der Waals surface area contributed by atoms with E-state index in [1.165, 1.54) is 6.07 Å². The van der Waals surface area contributed by atoms with Crippen LogP contribution in [0.25, 0.3) is 11.1 Å². The second kappa shape index (κ2) is 4.80. The minimum atomic E-state index is -0.605. The van der Waals surface area contributed by atoms with Crippen LogP contribution in [0.15, 0.2) is 39.3 Å². The van der Waals surface area contributed by atoms with Gasteiger partial charge in [0.1, 0.15) is 11.3 Å². The SMILES string of the molecule is Cc1cc(C(=O)O[C@H](C)c2nc3ccccc3o2)no1. The van der Waals surface area contributed by atoms with Crippen molar-refractivity contribution in [1.82, 2.24) is 10.1 Å². The molecule has 0 aliphatic carbocycles. The molecule has 0 saturated heterocycles. The molecule has 1 aromatic carbocycles. The Bertz CT molecular complexity index is 726. The van der Waals surface area contributed by atoms with Crippen LogP contribution in [0.4, 0.5) is 0 Å². The monoisotopic (exact) mass is 272 g/mol. The fourth-order valence-corrected chi connectivity index (χ4v) is 1.80. The predicted molar refractivity (Wildman–Crippen MR) is 69.1 cm³/mol. The van der Waals surface area contributed by atoms with Crippen LogP contribution >= 0.6 is 0 Å². The first kappa shape index (κ1) is 12.4. The van der Waals surface area contributed by atoms with Crippen molar-refractivity contribution in [3.05, 3.63) is 47.7 Å². The van der Waals surface area contributed by atoms with Gasteiger partial charge in [-0.1, -0.05) is 17.3 Å². The number of para-hydroxylation sites is 2. The van der Waals surface area contributed by atoms with E-state index in [1.807, 2.05) is 18.2 Å². The van der Waals surface area contributed by atoms with Crippen molar-refractivity contribution in [2.75, 3.05) is 0 Å². The molecule has 1 atom stereocenters. The first-order valence-electron chi connectivity index (χ1n) is 6.13. The lowest BCUT2D eigenvalue weighted by Gasteiger charge is -2.07. The molecule has 0 saturated carbocycles. The van der Waals surface area contributed by atoms with Gasteiger partial charge in [0, 0.05) is 6.07 Å². The Balaban J connectivity index is 1.78. The third kappa shape index (κ3) is 2.27. The number of esters is 1. The Morgan fingerprint density at radius 3 is 2.85 bits per heavy atom. The zero-order valence-corrected chi connectivity index (χ0v) is 11.0. The number of carbonyl (C=O) groups excluding carboxylic acids is 1. The summed E-state index contributed by atoms with van der Waals surface area (Å²) < 4.78 is 15.6. The van der Waals surface area contributed by atoms with Gasteiger partial charge in [-0.15, -0.1) is 0 Å². The van der Waals surface area contributed by atoms with Crippen molar-refractivity contribution in [1.29, 1.82) is 0 Å². The van der Waals surface area contributed by atoms with Gasteiger partial charge in [-0.3, -0.25) is 0 Å². The number of fused-ring (bicyclic) bond motifs is 1. The van der Waals surface area contributed by atoms with Crippen molar-refractivity contribution in [3.8, 4) is 0 Å². The van der Waals surface area contributed by atoms with Crippen LogP contribution in [-0.4, -0.2) is 16.1 Å². The van der Waals surface area contributed by atoms with Gasteiger partial charge in [0.05, 0.1) is 0 Å². The van der Waals surface area contributed by atoms with E-state index >= 15 is 0 Å². The van der Waals surface area contributed by atoms with Crippen LogP contribution in [0.5, 0.6) is 0 Å². The number of nitrogens with zero attached hydrogens (tertiary/aromatic N) is 2. The van der Waals surface area contributed by atoms with Gasteiger partial charge in [-0.05, 0) is 26.0 Å². The van der Waals surface area contributed by atoms with Gasteiger partial charge in [-0.2, -0.15) is 0 Å². The van der Waals surface area contributed by atoms with Gasteiger partial charge < -0.3 is 13.7 Å². The highest BCUT2D eigenvalue weighted by Crippen LogP contribution is 2.22. The Morgan fingerprint density at radius 1 is 1.35 bits per heavy atom. The first-order valence-corrected chi connectivity index (χ1v) is 6.13. The van der Waals surface area contributed by atoms with Crippen LogP contribution < -0.4 is 0 Å². The average molecular weight is 272 g/mol. The molecule has 2 aromatic heterocycles. The summed E-state index contributed by atoms with van der Waals surface area (Å²) in [6.45, 7) is 3.39. The molecule has 3 rings (SSSR count).